The SMILES string of the molecule is O=C[C@H](O)[C@@H](O)[C@H](O)[C@H](O)CO.[H-].[H-].[K+].[Na+]. The second-order valence-corrected chi connectivity index (χ2v) is 2.36. The Morgan fingerprint density at radius 2 is 1.57 bits per heavy atom. The predicted molar refractivity (Wildman–Crippen MR) is 39.4 cm³/mol. The number of hydrogen-bond donors (Lipinski definition) is 5. The third-order valence-electron chi connectivity index (χ3n) is 1.42. The summed E-state index contributed by atoms with van der Waals surface area (Å²) in [6.07, 6.45) is -6.84. The van der Waals surface area contributed by atoms with Gasteiger partial charge in [0, 0.05) is 0 Å². The molecule has 0 aromatic rings. The van der Waals surface area contributed by atoms with Crippen molar-refractivity contribution in [2.45, 2.75) is 24.4 Å². The summed E-state index contributed by atoms with van der Waals surface area (Å²) in [6, 6.07) is 0. The van der Waals surface area contributed by atoms with Crippen LogP contribution in [0, 0.1) is 0 Å². The third kappa shape index (κ3) is 7.39. The number of carbonyl (C=O) groups excluding carboxylic acids is 1. The summed E-state index contributed by atoms with van der Waals surface area (Å²) < 4.78 is 0. The van der Waals surface area contributed by atoms with Crippen molar-refractivity contribution in [1.29, 1.82) is 0 Å². The molecule has 0 aliphatic rings. The van der Waals surface area contributed by atoms with Gasteiger partial charge in [-0.05, 0) is 0 Å². The Kier molecular flexibility index (Phi) is 17.7. The van der Waals surface area contributed by atoms with Crippen LogP contribution in [0.1, 0.15) is 2.85 Å². The zero-order valence-corrected chi connectivity index (χ0v) is 13.4. The quantitative estimate of drug-likeness (QED) is 0.242. The molecule has 0 spiro atoms. The molecule has 0 amide bonds. The Labute approximate surface area is 149 Å². The van der Waals surface area contributed by atoms with Gasteiger partial charge in [-0.3, -0.25) is 0 Å². The number of rotatable bonds is 5. The summed E-state index contributed by atoms with van der Waals surface area (Å²) in [7, 11) is 0. The Morgan fingerprint density at radius 1 is 1.14 bits per heavy atom. The van der Waals surface area contributed by atoms with Crippen LogP contribution in [0.15, 0.2) is 0 Å². The van der Waals surface area contributed by atoms with Crippen molar-refractivity contribution >= 4 is 6.29 Å². The molecule has 0 bridgehead atoms. The molecule has 0 saturated heterocycles. The van der Waals surface area contributed by atoms with Crippen LogP contribution >= 0.6 is 0 Å². The molecule has 0 aliphatic heterocycles. The summed E-state index contributed by atoms with van der Waals surface area (Å²) in [5, 5.41) is 43.5. The van der Waals surface area contributed by atoms with Gasteiger partial charge in [0.25, 0.3) is 0 Å². The monoisotopic (exact) mass is 244 g/mol. The average molecular weight is 244 g/mol. The minimum absolute atomic E-state index is 0. The van der Waals surface area contributed by atoms with Gasteiger partial charge in [-0.1, -0.05) is 0 Å². The fraction of sp³-hybridized carbons (Fsp3) is 0.833. The molecule has 0 aromatic carbocycles. The van der Waals surface area contributed by atoms with Crippen molar-refractivity contribution in [2.24, 2.45) is 0 Å². The summed E-state index contributed by atoms with van der Waals surface area (Å²) in [5.74, 6) is 0. The molecule has 0 aliphatic carbocycles. The van der Waals surface area contributed by atoms with Gasteiger partial charge in [-0.2, -0.15) is 0 Å². The van der Waals surface area contributed by atoms with Crippen molar-refractivity contribution < 1.29 is 114 Å². The van der Waals surface area contributed by atoms with E-state index in [4.69, 9.17) is 25.5 Å². The van der Waals surface area contributed by atoms with Crippen LogP contribution in [0.4, 0.5) is 0 Å². The normalized spacial score (nSPS) is 18.1. The number of carbonyl (C=O) groups is 1. The van der Waals surface area contributed by atoms with Gasteiger partial charge in [0.2, 0.25) is 0 Å². The third-order valence-corrected chi connectivity index (χ3v) is 1.42. The van der Waals surface area contributed by atoms with Gasteiger partial charge in [-0.15, -0.1) is 0 Å². The molecule has 0 heterocycles. The maximum Gasteiger partial charge on any atom is 1.00 e. The van der Waals surface area contributed by atoms with Crippen LogP contribution < -0.4 is 80.9 Å². The first-order valence-electron chi connectivity index (χ1n) is 3.33. The van der Waals surface area contributed by atoms with Gasteiger partial charge >= 0.3 is 80.9 Å². The number of hydrogen-bond acceptors (Lipinski definition) is 6. The molecule has 0 fully saturated rings. The van der Waals surface area contributed by atoms with Gasteiger partial charge in [0.05, 0.1) is 6.61 Å². The Hall–Kier alpha value is 2.11. The Balaban J connectivity index is -0.000000101. The molecular formula is C6H14KNaO6. The zero-order chi connectivity index (χ0) is 9.72. The van der Waals surface area contributed by atoms with Crippen LogP contribution in [0.2, 0.25) is 0 Å². The van der Waals surface area contributed by atoms with Crippen molar-refractivity contribution in [3.63, 3.8) is 0 Å². The molecule has 0 saturated carbocycles. The summed E-state index contributed by atoms with van der Waals surface area (Å²) in [6.45, 7) is -0.760. The van der Waals surface area contributed by atoms with E-state index in [-0.39, 0.29) is 90.1 Å². The first-order valence-corrected chi connectivity index (χ1v) is 3.33. The molecule has 5 N–H and O–H groups in total. The van der Waals surface area contributed by atoms with Crippen molar-refractivity contribution in [3.8, 4) is 0 Å². The largest absolute Gasteiger partial charge is 1.00 e. The van der Waals surface area contributed by atoms with Crippen molar-refractivity contribution in [2.75, 3.05) is 6.61 Å². The van der Waals surface area contributed by atoms with Crippen LogP contribution in [0.25, 0.3) is 0 Å². The van der Waals surface area contributed by atoms with E-state index in [2.05, 4.69) is 0 Å². The van der Waals surface area contributed by atoms with E-state index in [1.54, 1.807) is 0 Å². The minimum Gasteiger partial charge on any atom is -1.00 e. The first kappa shape index (κ1) is 21.4. The van der Waals surface area contributed by atoms with E-state index in [9.17, 15) is 4.79 Å². The van der Waals surface area contributed by atoms with Gasteiger partial charge < -0.3 is 33.2 Å². The van der Waals surface area contributed by atoms with E-state index in [0.29, 0.717) is 0 Å². The van der Waals surface area contributed by atoms with Crippen LogP contribution in [-0.4, -0.2) is 62.8 Å². The Bertz CT molecular complexity index is 157. The second kappa shape index (κ2) is 11.6. The average Bonchev–Trinajstić information content (AvgIpc) is 2.12. The van der Waals surface area contributed by atoms with E-state index >= 15 is 0 Å². The molecular weight excluding hydrogens is 230 g/mol. The first-order chi connectivity index (χ1) is 5.54. The Morgan fingerprint density at radius 3 is 1.86 bits per heavy atom. The van der Waals surface area contributed by atoms with Crippen LogP contribution in [0.5, 0.6) is 0 Å². The topological polar surface area (TPSA) is 118 Å². The van der Waals surface area contributed by atoms with E-state index in [1.807, 2.05) is 0 Å². The van der Waals surface area contributed by atoms with Crippen LogP contribution in [-0.2, 0) is 4.79 Å². The number of aliphatic hydroxyl groups excluding tert-OH is 5. The molecule has 0 rings (SSSR count). The van der Waals surface area contributed by atoms with Crippen molar-refractivity contribution in [1.82, 2.24) is 0 Å². The van der Waals surface area contributed by atoms with Gasteiger partial charge in [-0.25, -0.2) is 0 Å². The molecule has 8 heteroatoms. The van der Waals surface area contributed by atoms with Crippen molar-refractivity contribution in [3.05, 3.63) is 0 Å². The molecule has 6 nitrogen and oxygen atoms in total. The van der Waals surface area contributed by atoms with E-state index < -0.39 is 31.0 Å². The van der Waals surface area contributed by atoms with E-state index in [1.165, 1.54) is 0 Å². The summed E-state index contributed by atoms with van der Waals surface area (Å²) in [5.41, 5.74) is 0. The molecule has 0 radical (unpaired) electrons. The molecule has 14 heavy (non-hydrogen) atoms. The maximum absolute atomic E-state index is 9.90. The fourth-order valence-corrected chi connectivity index (χ4v) is 0.618. The molecule has 4 atom stereocenters. The summed E-state index contributed by atoms with van der Waals surface area (Å²) >= 11 is 0. The molecule has 0 aromatic heterocycles. The second-order valence-electron chi connectivity index (χ2n) is 2.36. The minimum atomic E-state index is -1.79. The fourth-order valence-electron chi connectivity index (χ4n) is 0.618. The number of aliphatic hydroxyl groups is 5. The molecule has 76 valence electrons. The standard InChI is InChI=1S/C6H12O6.K.Na.2H/c7-1-3(9)5(11)6(12)4(10)2-8;;;;/h1,3-6,8-12H,2H2;;;;/q;2*+1;2*-1/t3-,4+,5+,6+;;;;/m0..../s1. The predicted octanol–water partition coefficient (Wildman–Crippen LogP) is -9.15. The van der Waals surface area contributed by atoms with Gasteiger partial charge in [0.15, 0.2) is 6.29 Å². The van der Waals surface area contributed by atoms with E-state index in [0.717, 1.165) is 0 Å². The van der Waals surface area contributed by atoms with Gasteiger partial charge in [0.1, 0.15) is 24.4 Å². The zero-order valence-electron chi connectivity index (χ0n) is 10.2. The molecule has 0 unspecified atom stereocenters. The smallest absolute Gasteiger partial charge is 1.00 e. The van der Waals surface area contributed by atoms with Crippen LogP contribution in [0.3, 0.4) is 0 Å². The summed E-state index contributed by atoms with van der Waals surface area (Å²) in [4.78, 5) is 9.90. The maximum atomic E-state index is 9.90. The number of aldehydes is 1.